The van der Waals surface area contributed by atoms with Crippen LogP contribution in [-0.4, -0.2) is 25.0 Å². The molecule has 0 atom stereocenters. The van der Waals surface area contributed by atoms with Crippen LogP contribution in [0.15, 0.2) is 54.9 Å². The summed E-state index contributed by atoms with van der Waals surface area (Å²) in [4.78, 5) is 17.1. The lowest BCUT2D eigenvalue weighted by molar-refractivity contribution is -0.137. The van der Waals surface area contributed by atoms with E-state index in [2.05, 4.69) is 25.3 Å². The Morgan fingerprint density at radius 2 is 1.80 bits per heavy atom. The minimum atomic E-state index is -4.42. The topological polar surface area (TPSA) is 83.8 Å². The molecule has 0 aliphatic carbocycles. The first-order chi connectivity index (χ1) is 14.3. The van der Waals surface area contributed by atoms with E-state index in [0.717, 1.165) is 12.1 Å². The van der Waals surface area contributed by atoms with E-state index in [1.54, 1.807) is 30.6 Å². The first-order valence-corrected chi connectivity index (χ1v) is 9.05. The summed E-state index contributed by atoms with van der Waals surface area (Å²) in [6.07, 6.45) is -1.27. The molecule has 0 bridgehead atoms. The summed E-state index contributed by atoms with van der Waals surface area (Å²) in [6, 6.07) is 9.62. The van der Waals surface area contributed by atoms with Crippen molar-refractivity contribution in [2.24, 2.45) is 0 Å². The van der Waals surface area contributed by atoms with Crippen LogP contribution in [0.2, 0.25) is 5.02 Å². The van der Waals surface area contributed by atoms with E-state index in [9.17, 15) is 18.3 Å². The van der Waals surface area contributed by atoms with Gasteiger partial charge in [0.15, 0.2) is 11.6 Å². The van der Waals surface area contributed by atoms with Gasteiger partial charge in [-0.2, -0.15) is 13.2 Å². The first-order valence-electron chi connectivity index (χ1n) is 8.68. The summed E-state index contributed by atoms with van der Waals surface area (Å²) >= 11 is 6.20. The number of fused-ring (bicyclic) bond motifs is 1. The Labute approximate surface area is 173 Å². The Morgan fingerprint density at radius 3 is 2.47 bits per heavy atom. The van der Waals surface area contributed by atoms with Crippen LogP contribution in [-0.2, 0) is 12.8 Å². The fourth-order valence-electron chi connectivity index (χ4n) is 2.83. The number of nitrogens with one attached hydrogen (secondary N) is 1. The fraction of sp³-hybridized carbons (Fsp3) is 0.100. The Kier molecular flexibility index (Phi) is 5.23. The Hall–Kier alpha value is -3.30. The molecule has 4 rings (SSSR count). The fourth-order valence-corrected chi connectivity index (χ4v) is 3.06. The highest BCUT2D eigenvalue weighted by atomic mass is 35.5. The number of hydrogen-bond donors (Lipinski definition) is 2. The molecule has 0 fully saturated rings. The van der Waals surface area contributed by atoms with Crippen molar-refractivity contribution >= 4 is 34.1 Å². The van der Waals surface area contributed by atoms with E-state index in [-0.39, 0.29) is 11.6 Å². The Bertz CT molecular complexity index is 1220. The molecule has 10 heteroatoms. The molecule has 152 valence electrons. The molecule has 4 aromatic rings. The number of nitrogens with zero attached hydrogens (tertiary/aromatic N) is 4. The lowest BCUT2D eigenvalue weighted by atomic mass is 10.1. The van der Waals surface area contributed by atoms with Crippen LogP contribution >= 0.6 is 11.6 Å². The summed E-state index contributed by atoms with van der Waals surface area (Å²) in [5.41, 5.74) is 1.56. The highest BCUT2D eigenvalue weighted by molar-refractivity contribution is 6.33. The smallest absolute Gasteiger partial charge is 0.388 e. The Morgan fingerprint density at radius 1 is 1.03 bits per heavy atom. The van der Waals surface area contributed by atoms with E-state index < -0.39 is 18.3 Å². The lowest BCUT2D eigenvalue weighted by Crippen LogP contribution is -2.05. The highest BCUT2D eigenvalue weighted by Crippen LogP contribution is 2.32. The van der Waals surface area contributed by atoms with Gasteiger partial charge in [-0.3, -0.25) is 4.98 Å². The number of rotatable bonds is 4. The van der Waals surface area contributed by atoms with Crippen molar-refractivity contribution < 1.29 is 18.3 Å². The van der Waals surface area contributed by atoms with Crippen LogP contribution in [0.1, 0.15) is 11.4 Å². The van der Waals surface area contributed by atoms with Gasteiger partial charge in [0.25, 0.3) is 0 Å². The quantitative estimate of drug-likeness (QED) is 0.473. The average molecular weight is 432 g/mol. The maximum atomic E-state index is 12.8. The molecule has 0 saturated carbocycles. The van der Waals surface area contributed by atoms with E-state index >= 15 is 0 Å². The molecule has 1 aromatic carbocycles. The molecule has 6 nitrogen and oxygen atoms in total. The number of aliphatic hydroxyl groups excluding tert-OH is 1. The molecular formula is C20H13ClF3N5O. The normalized spacial score (nSPS) is 11.6. The number of benzene rings is 1. The zero-order valence-corrected chi connectivity index (χ0v) is 15.9. The third-order valence-corrected chi connectivity index (χ3v) is 4.54. The second kappa shape index (κ2) is 7.85. The first kappa shape index (κ1) is 20.0. The van der Waals surface area contributed by atoms with Gasteiger partial charge >= 0.3 is 6.18 Å². The van der Waals surface area contributed by atoms with Crippen LogP contribution in [0.4, 0.5) is 24.7 Å². The number of hydrogen-bond acceptors (Lipinski definition) is 6. The van der Waals surface area contributed by atoms with Gasteiger partial charge in [0.2, 0.25) is 0 Å². The number of aromatic nitrogens is 4. The third-order valence-electron chi connectivity index (χ3n) is 4.23. The molecule has 2 N–H and O–H groups in total. The molecule has 0 amide bonds. The van der Waals surface area contributed by atoms with Crippen molar-refractivity contribution in [3.63, 3.8) is 0 Å². The summed E-state index contributed by atoms with van der Waals surface area (Å²) in [6.45, 7) is -0.424. The second-order valence-corrected chi connectivity index (χ2v) is 6.68. The van der Waals surface area contributed by atoms with Gasteiger partial charge in [0.05, 0.1) is 21.8 Å². The number of aliphatic hydroxyl groups is 1. The van der Waals surface area contributed by atoms with Gasteiger partial charge < -0.3 is 10.4 Å². The third kappa shape index (κ3) is 4.03. The average Bonchev–Trinajstić information content (AvgIpc) is 2.73. The van der Waals surface area contributed by atoms with Gasteiger partial charge in [0.1, 0.15) is 12.1 Å². The van der Waals surface area contributed by atoms with Gasteiger partial charge in [-0.15, -0.1) is 0 Å². The second-order valence-electron chi connectivity index (χ2n) is 6.27. The van der Waals surface area contributed by atoms with Crippen molar-refractivity contribution in [2.75, 3.05) is 5.32 Å². The number of pyridine rings is 2. The number of alkyl halides is 3. The minimum absolute atomic E-state index is 0.128. The molecule has 0 aliphatic heterocycles. The zero-order valence-electron chi connectivity index (χ0n) is 15.2. The predicted molar refractivity (Wildman–Crippen MR) is 106 cm³/mol. The maximum Gasteiger partial charge on any atom is 0.416 e. The van der Waals surface area contributed by atoms with Crippen LogP contribution in [0.25, 0.3) is 22.3 Å². The van der Waals surface area contributed by atoms with Crippen molar-refractivity contribution in [2.45, 2.75) is 12.8 Å². The summed E-state index contributed by atoms with van der Waals surface area (Å²) in [5.74, 6) is 0.380. The molecule has 3 heterocycles. The largest absolute Gasteiger partial charge is 0.416 e. The predicted octanol–water partition coefficient (Wildman–Crippen LogP) is 4.99. The van der Waals surface area contributed by atoms with Crippen LogP contribution < -0.4 is 5.32 Å². The monoisotopic (exact) mass is 431 g/mol. The van der Waals surface area contributed by atoms with Crippen LogP contribution in [0, 0.1) is 0 Å². The van der Waals surface area contributed by atoms with Crippen molar-refractivity contribution in [1.29, 1.82) is 0 Å². The van der Waals surface area contributed by atoms with E-state index in [4.69, 9.17) is 11.6 Å². The number of halogens is 4. The molecule has 0 aliphatic rings. The van der Waals surface area contributed by atoms with E-state index in [1.165, 1.54) is 12.1 Å². The highest BCUT2D eigenvalue weighted by Gasteiger charge is 2.30. The molecule has 0 radical (unpaired) electrons. The van der Waals surface area contributed by atoms with E-state index in [0.29, 0.717) is 33.0 Å². The molecule has 0 spiro atoms. The van der Waals surface area contributed by atoms with Crippen molar-refractivity contribution in [3.8, 4) is 11.3 Å². The SMILES string of the molecule is OCc1nc(Nc2ccc(C(F)(F)F)cc2)c2ncc(-c3ncccc3Cl)cc2n1. The van der Waals surface area contributed by atoms with E-state index in [1.807, 2.05) is 0 Å². The molecular weight excluding hydrogens is 419 g/mol. The van der Waals surface area contributed by atoms with Gasteiger partial charge in [-0.1, -0.05) is 11.6 Å². The van der Waals surface area contributed by atoms with Gasteiger partial charge in [-0.05, 0) is 42.5 Å². The Balaban J connectivity index is 1.75. The maximum absolute atomic E-state index is 12.8. The standard InChI is InChI=1S/C20H13ClF3N5O/c21-14-2-1-7-25-17(14)11-8-15-18(26-9-11)19(29-16(10-30)28-15)27-13-5-3-12(4-6-13)20(22,23)24/h1-9,30H,10H2,(H,27,28,29). The summed E-state index contributed by atoms with van der Waals surface area (Å²) in [7, 11) is 0. The number of anilines is 2. The molecule has 3 aromatic heterocycles. The molecule has 0 unspecified atom stereocenters. The van der Waals surface area contributed by atoms with Gasteiger partial charge in [-0.25, -0.2) is 15.0 Å². The molecule has 30 heavy (non-hydrogen) atoms. The zero-order chi connectivity index (χ0) is 21.3. The van der Waals surface area contributed by atoms with Crippen molar-refractivity contribution in [1.82, 2.24) is 19.9 Å². The van der Waals surface area contributed by atoms with Crippen LogP contribution in [0.5, 0.6) is 0 Å². The van der Waals surface area contributed by atoms with Gasteiger partial charge in [0, 0.05) is 23.6 Å². The molecule has 0 saturated heterocycles. The van der Waals surface area contributed by atoms with Crippen molar-refractivity contribution in [3.05, 3.63) is 71.3 Å². The summed E-state index contributed by atoms with van der Waals surface area (Å²) in [5, 5.41) is 12.9. The lowest BCUT2D eigenvalue weighted by Gasteiger charge is -2.12. The summed E-state index contributed by atoms with van der Waals surface area (Å²) < 4.78 is 38.3. The minimum Gasteiger partial charge on any atom is -0.388 e. The van der Waals surface area contributed by atoms with Crippen LogP contribution in [0.3, 0.4) is 0 Å².